The van der Waals surface area contributed by atoms with Gasteiger partial charge in [-0.2, -0.15) is 0 Å². The number of hydrogen-bond acceptors (Lipinski definition) is 5. The number of para-hydroxylation sites is 1. The second-order valence-electron chi connectivity index (χ2n) is 6.19. The van der Waals surface area contributed by atoms with E-state index < -0.39 is 5.97 Å². The molecule has 0 bridgehead atoms. The average molecular weight is 383 g/mol. The lowest BCUT2D eigenvalue weighted by atomic mass is 10.0. The van der Waals surface area contributed by atoms with Crippen molar-refractivity contribution in [1.29, 1.82) is 0 Å². The Morgan fingerprint density at radius 2 is 1.68 bits per heavy atom. The van der Waals surface area contributed by atoms with Gasteiger partial charge in [-0.05, 0) is 18.2 Å². The first-order chi connectivity index (χ1) is 13.5. The minimum atomic E-state index is -0.983. The molecule has 0 radical (unpaired) electrons. The highest BCUT2D eigenvalue weighted by atomic mass is 16.5. The maximum absolute atomic E-state index is 13.0. The second kappa shape index (κ2) is 8.04. The number of rotatable bonds is 7. The molecule has 2 aromatic carbocycles. The van der Waals surface area contributed by atoms with E-state index in [2.05, 4.69) is 0 Å². The number of carboxylic acid groups (broad SMARTS) is 1. The number of pyridine rings is 1. The minimum Gasteiger partial charge on any atom is -0.493 e. The van der Waals surface area contributed by atoms with Crippen LogP contribution in [0, 0.1) is 0 Å². The zero-order valence-electron chi connectivity index (χ0n) is 15.9. The first kappa shape index (κ1) is 19.3. The van der Waals surface area contributed by atoms with Gasteiger partial charge in [0.2, 0.25) is 5.75 Å². The van der Waals surface area contributed by atoms with Gasteiger partial charge >= 0.3 is 5.97 Å². The topological polar surface area (TPSA) is 87.0 Å². The van der Waals surface area contributed by atoms with E-state index in [-0.39, 0.29) is 18.4 Å². The van der Waals surface area contributed by atoms with Gasteiger partial charge in [-0.15, -0.1) is 0 Å². The molecule has 3 rings (SSSR count). The van der Waals surface area contributed by atoms with Crippen molar-refractivity contribution in [3.8, 4) is 17.2 Å². The number of ether oxygens (including phenoxy) is 3. The number of carbonyl (C=O) groups is 1. The first-order valence-electron chi connectivity index (χ1n) is 8.60. The molecule has 0 fully saturated rings. The Labute approximate surface area is 161 Å². The monoisotopic (exact) mass is 383 g/mol. The zero-order valence-corrected chi connectivity index (χ0v) is 15.9. The van der Waals surface area contributed by atoms with Crippen LogP contribution in [0.4, 0.5) is 0 Å². The summed E-state index contributed by atoms with van der Waals surface area (Å²) in [5.41, 5.74) is 1.63. The van der Waals surface area contributed by atoms with Crippen molar-refractivity contribution in [2.75, 3.05) is 21.3 Å². The molecule has 28 heavy (non-hydrogen) atoms. The molecule has 3 aromatic rings. The van der Waals surface area contributed by atoms with E-state index >= 15 is 0 Å². The maximum atomic E-state index is 13.0. The van der Waals surface area contributed by atoms with Gasteiger partial charge in [-0.3, -0.25) is 9.59 Å². The molecular weight excluding hydrogens is 362 g/mol. The quantitative estimate of drug-likeness (QED) is 0.675. The third-order valence-electron chi connectivity index (χ3n) is 4.53. The third-order valence-corrected chi connectivity index (χ3v) is 4.53. The first-order valence-corrected chi connectivity index (χ1v) is 8.60. The van der Waals surface area contributed by atoms with Crippen LogP contribution in [0.15, 0.2) is 47.4 Å². The smallest absolute Gasteiger partial charge is 0.323 e. The van der Waals surface area contributed by atoms with E-state index in [9.17, 15) is 14.7 Å². The molecule has 146 valence electrons. The lowest BCUT2D eigenvalue weighted by Gasteiger charge is -2.16. The lowest BCUT2D eigenvalue weighted by molar-refractivity contribution is -0.137. The third kappa shape index (κ3) is 3.51. The van der Waals surface area contributed by atoms with Crippen LogP contribution in [-0.2, 0) is 17.8 Å². The van der Waals surface area contributed by atoms with E-state index in [4.69, 9.17) is 14.2 Å². The van der Waals surface area contributed by atoms with Crippen LogP contribution in [-0.4, -0.2) is 37.0 Å². The molecule has 0 amide bonds. The van der Waals surface area contributed by atoms with Gasteiger partial charge in [0.1, 0.15) is 6.54 Å². The molecule has 7 heteroatoms. The highest BCUT2D eigenvalue weighted by Gasteiger charge is 2.18. The number of nitrogens with zero attached hydrogens (tertiary/aromatic N) is 1. The van der Waals surface area contributed by atoms with Gasteiger partial charge in [-0.25, -0.2) is 0 Å². The number of carboxylic acids is 1. The van der Waals surface area contributed by atoms with Crippen molar-refractivity contribution in [3.63, 3.8) is 0 Å². The van der Waals surface area contributed by atoms with Crippen molar-refractivity contribution in [1.82, 2.24) is 4.57 Å². The summed E-state index contributed by atoms with van der Waals surface area (Å²) in [6.07, 6.45) is 1.85. The molecule has 7 nitrogen and oxygen atoms in total. The highest BCUT2D eigenvalue weighted by molar-refractivity contribution is 5.81. The highest BCUT2D eigenvalue weighted by Crippen LogP contribution is 2.40. The Balaban J connectivity index is 2.17. The van der Waals surface area contributed by atoms with Crippen LogP contribution in [0.25, 0.3) is 10.9 Å². The van der Waals surface area contributed by atoms with Crippen molar-refractivity contribution >= 4 is 16.9 Å². The molecular formula is C21H21NO6. The summed E-state index contributed by atoms with van der Waals surface area (Å²) in [5, 5.41) is 9.71. The summed E-state index contributed by atoms with van der Waals surface area (Å²) in [6, 6.07) is 10.5. The Hall–Kier alpha value is -3.48. The van der Waals surface area contributed by atoms with Gasteiger partial charge in [0.05, 0.1) is 26.8 Å². The van der Waals surface area contributed by atoms with Gasteiger partial charge in [0.25, 0.3) is 0 Å². The largest absolute Gasteiger partial charge is 0.493 e. The van der Waals surface area contributed by atoms with Crippen LogP contribution in [0.5, 0.6) is 17.2 Å². The lowest BCUT2D eigenvalue weighted by Crippen LogP contribution is -2.18. The van der Waals surface area contributed by atoms with Crippen molar-refractivity contribution in [2.45, 2.75) is 13.0 Å². The summed E-state index contributed by atoms with van der Waals surface area (Å²) in [5.74, 6) is 0.446. The Bertz CT molecular complexity index is 1090. The predicted octanol–water partition coefficient (Wildman–Crippen LogP) is 2.70. The van der Waals surface area contributed by atoms with Crippen molar-refractivity contribution in [2.24, 2.45) is 0 Å². The molecule has 0 aliphatic rings. The van der Waals surface area contributed by atoms with E-state index in [1.54, 1.807) is 47.2 Å². The fourth-order valence-electron chi connectivity index (χ4n) is 3.32. The fourth-order valence-corrected chi connectivity index (χ4v) is 3.32. The summed E-state index contributed by atoms with van der Waals surface area (Å²) in [7, 11) is 4.56. The molecule has 0 aliphatic carbocycles. The fraction of sp³-hybridized carbons (Fsp3) is 0.238. The number of methoxy groups -OCH3 is 3. The molecule has 0 unspecified atom stereocenters. The summed E-state index contributed by atoms with van der Waals surface area (Å²) in [6.45, 7) is -0.239. The van der Waals surface area contributed by atoms with E-state index in [1.165, 1.54) is 21.3 Å². The standard InChI is InChI=1S/C21H21NO6/c1-26-17-9-8-13(20(27-2)21(17)28-3)10-14-11-22(12-18(23)24)16-7-5-4-6-15(16)19(14)25/h4-9,11H,10,12H2,1-3H3,(H,23,24). The Morgan fingerprint density at radius 1 is 0.964 bits per heavy atom. The molecule has 0 atom stereocenters. The van der Waals surface area contributed by atoms with Crippen LogP contribution >= 0.6 is 0 Å². The second-order valence-corrected chi connectivity index (χ2v) is 6.19. The van der Waals surface area contributed by atoms with Crippen molar-refractivity contribution < 1.29 is 24.1 Å². The zero-order chi connectivity index (χ0) is 20.3. The number of fused-ring (bicyclic) bond motifs is 1. The molecule has 1 N–H and O–H groups in total. The van der Waals surface area contributed by atoms with E-state index in [1.807, 2.05) is 0 Å². The van der Waals surface area contributed by atoms with Gasteiger partial charge in [-0.1, -0.05) is 18.2 Å². The van der Waals surface area contributed by atoms with Crippen LogP contribution in [0.2, 0.25) is 0 Å². The summed E-state index contributed by atoms with van der Waals surface area (Å²) in [4.78, 5) is 24.3. The average Bonchev–Trinajstić information content (AvgIpc) is 2.70. The maximum Gasteiger partial charge on any atom is 0.323 e. The van der Waals surface area contributed by atoms with E-state index in [0.29, 0.717) is 33.7 Å². The Morgan fingerprint density at radius 3 is 2.32 bits per heavy atom. The molecule has 0 aliphatic heterocycles. The number of hydrogen-bond donors (Lipinski definition) is 1. The molecule has 1 aromatic heterocycles. The van der Waals surface area contributed by atoms with E-state index in [0.717, 1.165) is 5.56 Å². The van der Waals surface area contributed by atoms with Gasteiger partial charge < -0.3 is 23.9 Å². The normalized spacial score (nSPS) is 10.7. The number of aromatic nitrogens is 1. The molecule has 0 saturated carbocycles. The summed E-state index contributed by atoms with van der Waals surface area (Å²) >= 11 is 0. The van der Waals surface area contributed by atoms with Crippen LogP contribution in [0.3, 0.4) is 0 Å². The SMILES string of the molecule is COc1ccc(Cc2cn(CC(=O)O)c3ccccc3c2=O)c(OC)c1OC. The number of aliphatic carboxylic acids is 1. The van der Waals surface area contributed by atoms with Crippen LogP contribution < -0.4 is 19.6 Å². The summed E-state index contributed by atoms with van der Waals surface area (Å²) < 4.78 is 17.8. The van der Waals surface area contributed by atoms with Gasteiger partial charge in [0.15, 0.2) is 16.9 Å². The van der Waals surface area contributed by atoms with Crippen molar-refractivity contribution in [3.05, 3.63) is 63.9 Å². The van der Waals surface area contributed by atoms with Crippen LogP contribution in [0.1, 0.15) is 11.1 Å². The Kier molecular flexibility index (Phi) is 5.54. The number of benzene rings is 2. The predicted molar refractivity (Wildman–Crippen MR) is 105 cm³/mol. The van der Waals surface area contributed by atoms with Gasteiger partial charge in [0, 0.05) is 29.1 Å². The molecule has 0 saturated heterocycles. The minimum absolute atomic E-state index is 0.144. The molecule has 0 spiro atoms. The molecule has 1 heterocycles.